The lowest BCUT2D eigenvalue weighted by molar-refractivity contribution is -0.142. The number of benzene rings is 2. The van der Waals surface area contributed by atoms with Crippen molar-refractivity contribution in [3.8, 4) is 11.3 Å². The number of esters is 1. The Bertz CT molecular complexity index is 1200. The van der Waals surface area contributed by atoms with E-state index in [1.165, 1.54) is 7.11 Å². The van der Waals surface area contributed by atoms with Crippen molar-refractivity contribution >= 4 is 22.9 Å². The molecule has 0 aliphatic rings. The first-order valence-corrected chi connectivity index (χ1v) is 9.94. The number of carbonyl (C=O) groups excluding carboxylic acids is 2. The molecule has 0 saturated heterocycles. The number of para-hydroxylation sites is 2. The fourth-order valence-electron chi connectivity index (χ4n) is 3.43. The van der Waals surface area contributed by atoms with Crippen LogP contribution in [0.2, 0.25) is 0 Å². The zero-order valence-corrected chi connectivity index (χ0v) is 17.6. The fourth-order valence-corrected chi connectivity index (χ4v) is 3.43. The van der Waals surface area contributed by atoms with E-state index in [1.54, 1.807) is 13.0 Å². The van der Waals surface area contributed by atoms with E-state index in [2.05, 4.69) is 15.3 Å². The number of hydrogen-bond acceptors (Lipinski definition) is 5. The minimum atomic E-state index is -0.893. The maximum Gasteiger partial charge on any atom is 0.328 e. The molecule has 31 heavy (non-hydrogen) atoms. The van der Waals surface area contributed by atoms with Crippen LogP contribution in [0.25, 0.3) is 22.4 Å². The Morgan fingerprint density at radius 1 is 1.13 bits per heavy atom. The second kappa shape index (κ2) is 8.47. The van der Waals surface area contributed by atoms with E-state index < -0.39 is 17.9 Å². The monoisotopic (exact) mass is 417 g/mol. The van der Waals surface area contributed by atoms with Crippen molar-refractivity contribution in [2.24, 2.45) is 0 Å². The third kappa shape index (κ3) is 4.35. The normalized spacial score (nSPS) is 12.0. The number of aryl methyl sites for hydroxylation is 2. The van der Waals surface area contributed by atoms with Gasteiger partial charge in [-0.1, -0.05) is 42.0 Å². The van der Waals surface area contributed by atoms with E-state index in [-0.39, 0.29) is 6.42 Å². The average Bonchev–Trinajstić information content (AvgIpc) is 3.36. The van der Waals surface area contributed by atoms with Crippen LogP contribution in [0.1, 0.15) is 27.5 Å². The largest absolute Gasteiger partial charge is 0.467 e. The van der Waals surface area contributed by atoms with Crippen molar-refractivity contribution in [1.82, 2.24) is 15.3 Å². The topological polar surface area (TPSA) is 97.2 Å². The molecule has 2 N–H and O–H groups in total. The Hall–Kier alpha value is -3.87. The Labute approximate surface area is 179 Å². The van der Waals surface area contributed by atoms with E-state index in [0.29, 0.717) is 22.9 Å². The zero-order valence-electron chi connectivity index (χ0n) is 17.6. The predicted molar refractivity (Wildman–Crippen MR) is 117 cm³/mol. The van der Waals surface area contributed by atoms with Gasteiger partial charge in [-0.2, -0.15) is 0 Å². The van der Waals surface area contributed by atoms with Gasteiger partial charge >= 0.3 is 5.97 Å². The van der Waals surface area contributed by atoms with E-state index >= 15 is 0 Å². The molecule has 0 saturated carbocycles. The number of hydrogen-bond donors (Lipinski definition) is 2. The van der Waals surface area contributed by atoms with Crippen LogP contribution < -0.4 is 5.32 Å². The number of rotatable bonds is 6. The summed E-state index contributed by atoms with van der Waals surface area (Å²) in [6, 6.07) is 16.2. The standard InChI is InChI=1S/C24H23N3O4/c1-14-8-10-16(11-9-14)21-12-17(15(2)31-21)23(28)27-20(24(29)30-3)13-22-25-18-6-4-5-7-19(18)26-22/h4-12,20H,13H2,1-3H3,(H,25,26)(H,27,28)/t20-/m1/s1. The van der Waals surface area contributed by atoms with Gasteiger partial charge in [-0.3, -0.25) is 4.79 Å². The maximum atomic E-state index is 12.9. The highest BCUT2D eigenvalue weighted by molar-refractivity contribution is 5.98. The lowest BCUT2D eigenvalue weighted by Gasteiger charge is -2.15. The number of imidazole rings is 1. The third-order valence-corrected chi connectivity index (χ3v) is 5.13. The molecule has 7 heteroatoms. The lowest BCUT2D eigenvalue weighted by atomic mass is 10.1. The third-order valence-electron chi connectivity index (χ3n) is 5.13. The van der Waals surface area contributed by atoms with Crippen molar-refractivity contribution in [3.63, 3.8) is 0 Å². The number of fused-ring (bicyclic) bond motifs is 1. The minimum Gasteiger partial charge on any atom is -0.467 e. The molecule has 0 radical (unpaired) electrons. The van der Waals surface area contributed by atoms with Crippen LogP contribution in [0.3, 0.4) is 0 Å². The molecule has 4 aromatic rings. The van der Waals surface area contributed by atoms with Gasteiger partial charge in [0.25, 0.3) is 5.91 Å². The first kappa shape index (κ1) is 20.4. The van der Waals surface area contributed by atoms with Crippen LogP contribution >= 0.6 is 0 Å². The number of methoxy groups -OCH3 is 1. The van der Waals surface area contributed by atoms with E-state index in [9.17, 15) is 9.59 Å². The number of H-pyrrole nitrogens is 1. The van der Waals surface area contributed by atoms with Gasteiger partial charge < -0.3 is 19.5 Å². The quantitative estimate of drug-likeness (QED) is 0.463. The summed E-state index contributed by atoms with van der Waals surface area (Å²) in [7, 11) is 1.29. The number of carbonyl (C=O) groups is 2. The van der Waals surface area contributed by atoms with E-state index in [4.69, 9.17) is 9.15 Å². The van der Waals surface area contributed by atoms with Gasteiger partial charge in [0.1, 0.15) is 23.4 Å². The van der Waals surface area contributed by atoms with Crippen LogP contribution in [0.5, 0.6) is 0 Å². The second-order valence-electron chi connectivity index (χ2n) is 7.40. The first-order chi connectivity index (χ1) is 14.9. The van der Waals surface area contributed by atoms with Gasteiger partial charge in [-0.05, 0) is 32.0 Å². The van der Waals surface area contributed by atoms with Crippen molar-refractivity contribution in [3.05, 3.63) is 77.3 Å². The summed E-state index contributed by atoms with van der Waals surface area (Å²) in [5, 5.41) is 2.76. The van der Waals surface area contributed by atoms with Gasteiger partial charge in [0.15, 0.2) is 0 Å². The molecule has 2 aromatic heterocycles. The summed E-state index contributed by atoms with van der Waals surface area (Å²) in [5.41, 5.74) is 4.03. The zero-order chi connectivity index (χ0) is 22.0. The molecular formula is C24H23N3O4. The van der Waals surface area contributed by atoms with Gasteiger partial charge in [-0.25, -0.2) is 9.78 Å². The molecule has 0 aliphatic carbocycles. The molecule has 0 unspecified atom stereocenters. The molecule has 0 bridgehead atoms. The minimum absolute atomic E-state index is 0.175. The van der Waals surface area contributed by atoms with Gasteiger partial charge in [0.05, 0.1) is 23.7 Å². The highest BCUT2D eigenvalue weighted by Crippen LogP contribution is 2.26. The number of aromatic amines is 1. The smallest absolute Gasteiger partial charge is 0.328 e. The highest BCUT2D eigenvalue weighted by Gasteiger charge is 2.26. The molecule has 4 rings (SSSR count). The molecule has 2 heterocycles. The van der Waals surface area contributed by atoms with E-state index in [1.807, 2.05) is 55.5 Å². The van der Waals surface area contributed by atoms with Gasteiger partial charge in [0, 0.05) is 12.0 Å². The number of aromatic nitrogens is 2. The molecule has 7 nitrogen and oxygen atoms in total. The van der Waals surface area contributed by atoms with Crippen LogP contribution in [0.4, 0.5) is 0 Å². The summed E-state index contributed by atoms with van der Waals surface area (Å²) in [6.45, 7) is 3.73. The summed E-state index contributed by atoms with van der Waals surface area (Å²) >= 11 is 0. The molecule has 1 atom stereocenters. The number of furan rings is 1. The highest BCUT2D eigenvalue weighted by atomic mass is 16.5. The number of nitrogens with zero attached hydrogens (tertiary/aromatic N) is 1. The van der Waals surface area contributed by atoms with Crippen LogP contribution in [-0.4, -0.2) is 35.0 Å². The van der Waals surface area contributed by atoms with Crippen molar-refractivity contribution in [2.75, 3.05) is 7.11 Å². The molecule has 0 spiro atoms. The van der Waals surface area contributed by atoms with Crippen LogP contribution in [0, 0.1) is 13.8 Å². The van der Waals surface area contributed by atoms with Crippen molar-refractivity contribution in [1.29, 1.82) is 0 Å². The molecule has 2 aromatic carbocycles. The fraction of sp³-hybridized carbons (Fsp3) is 0.208. The Balaban J connectivity index is 1.55. The molecule has 1 amide bonds. The number of ether oxygens (including phenoxy) is 1. The van der Waals surface area contributed by atoms with Crippen molar-refractivity contribution in [2.45, 2.75) is 26.3 Å². The van der Waals surface area contributed by atoms with Gasteiger partial charge in [-0.15, -0.1) is 0 Å². The maximum absolute atomic E-state index is 12.9. The lowest BCUT2D eigenvalue weighted by Crippen LogP contribution is -2.43. The first-order valence-electron chi connectivity index (χ1n) is 9.94. The Morgan fingerprint density at radius 3 is 2.58 bits per heavy atom. The second-order valence-corrected chi connectivity index (χ2v) is 7.40. The Morgan fingerprint density at radius 2 is 1.87 bits per heavy atom. The predicted octanol–water partition coefficient (Wildman–Crippen LogP) is 3.95. The van der Waals surface area contributed by atoms with E-state index in [0.717, 1.165) is 22.2 Å². The van der Waals surface area contributed by atoms with Crippen LogP contribution in [0.15, 0.2) is 59.0 Å². The molecular weight excluding hydrogens is 394 g/mol. The molecule has 158 valence electrons. The summed E-state index contributed by atoms with van der Waals surface area (Å²) in [6.07, 6.45) is 0.175. The molecule has 0 aliphatic heterocycles. The van der Waals surface area contributed by atoms with Crippen molar-refractivity contribution < 1.29 is 18.7 Å². The number of amides is 1. The summed E-state index contributed by atoms with van der Waals surface area (Å²) < 4.78 is 10.7. The Kier molecular flexibility index (Phi) is 5.58. The van der Waals surface area contributed by atoms with Gasteiger partial charge in [0.2, 0.25) is 0 Å². The summed E-state index contributed by atoms with van der Waals surface area (Å²) in [5.74, 6) is 0.691. The molecule has 0 fully saturated rings. The summed E-state index contributed by atoms with van der Waals surface area (Å²) in [4.78, 5) is 32.9. The van der Waals surface area contributed by atoms with Crippen LogP contribution in [-0.2, 0) is 16.0 Å². The SMILES string of the molecule is COC(=O)[C@@H](Cc1nc2ccccc2[nH]1)NC(=O)c1cc(-c2ccc(C)cc2)oc1C. The number of nitrogens with one attached hydrogen (secondary N) is 2. The average molecular weight is 417 g/mol.